The van der Waals surface area contributed by atoms with E-state index in [0.717, 1.165) is 11.1 Å². The second kappa shape index (κ2) is 9.67. The highest BCUT2D eigenvalue weighted by molar-refractivity contribution is 5.96. The van der Waals surface area contributed by atoms with Crippen LogP contribution in [0.3, 0.4) is 0 Å². The van der Waals surface area contributed by atoms with Crippen LogP contribution in [0.5, 0.6) is 11.6 Å². The lowest BCUT2D eigenvalue weighted by atomic mass is 10.1. The Balaban J connectivity index is 1.65. The van der Waals surface area contributed by atoms with Gasteiger partial charge in [-0.15, -0.1) is 0 Å². The van der Waals surface area contributed by atoms with E-state index >= 15 is 0 Å². The SMILES string of the molecule is CCc1noc2cccc(Oc3ccc(NC(=O)C(CC)NC(=O)OC(C)(C)C)cn3)c12. The third-order valence-electron chi connectivity index (χ3n) is 4.50. The molecule has 0 radical (unpaired) electrons. The van der Waals surface area contributed by atoms with Gasteiger partial charge >= 0.3 is 6.09 Å². The lowest BCUT2D eigenvalue weighted by Crippen LogP contribution is -2.45. The van der Waals surface area contributed by atoms with Crippen molar-refractivity contribution in [3.63, 3.8) is 0 Å². The van der Waals surface area contributed by atoms with Gasteiger partial charge in [0.05, 0.1) is 23.0 Å². The van der Waals surface area contributed by atoms with Crippen molar-refractivity contribution in [1.29, 1.82) is 0 Å². The third kappa shape index (κ3) is 5.75. The molecule has 9 heteroatoms. The molecule has 1 aromatic carbocycles. The maximum Gasteiger partial charge on any atom is 0.408 e. The molecule has 2 aromatic heterocycles. The van der Waals surface area contributed by atoms with Gasteiger partial charge in [-0.25, -0.2) is 9.78 Å². The summed E-state index contributed by atoms with van der Waals surface area (Å²) >= 11 is 0. The number of rotatable bonds is 7. The van der Waals surface area contributed by atoms with Gasteiger partial charge in [-0.1, -0.05) is 25.1 Å². The predicted molar refractivity (Wildman–Crippen MR) is 120 cm³/mol. The van der Waals surface area contributed by atoms with E-state index in [1.54, 1.807) is 39.8 Å². The van der Waals surface area contributed by atoms with Crippen LogP contribution in [-0.4, -0.2) is 33.8 Å². The summed E-state index contributed by atoms with van der Waals surface area (Å²) < 4.78 is 16.5. The highest BCUT2D eigenvalue weighted by Crippen LogP contribution is 2.32. The Morgan fingerprint density at radius 3 is 2.56 bits per heavy atom. The molecule has 3 aromatic rings. The quantitative estimate of drug-likeness (QED) is 0.541. The minimum absolute atomic E-state index is 0.359. The number of carbonyl (C=O) groups is 2. The van der Waals surface area contributed by atoms with Gasteiger partial charge in [0.2, 0.25) is 11.8 Å². The molecule has 9 nitrogen and oxygen atoms in total. The molecule has 1 atom stereocenters. The number of carbonyl (C=O) groups excluding carboxylic acids is 2. The minimum Gasteiger partial charge on any atom is -0.444 e. The molecule has 0 fully saturated rings. The van der Waals surface area contributed by atoms with Crippen molar-refractivity contribution in [2.24, 2.45) is 0 Å². The van der Waals surface area contributed by atoms with Crippen molar-refractivity contribution in [2.75, 3.05) is 5.32 Å². The lowest BCUT2D eigenvalue weighted by Gasteiger charge is -2.22. The van der Waals surface area contributed by atoms with Gasteiger partial charge in [0, 0.05) is 6.07 Å². The number of ether oxygens (including phenoxy) is 2. The van der Waals surface area contributed by atoms with E-state index < -0.39 is 17.7 Å². The minimum atomic E-state index is -0.737. The normalized spacial score (nSPS) is 12.3. The molecule has 1 unspecified atom stereocenters. The summed E-state index contributed by atoms with van der Waals surface area (Å²) in [6, 6.07) is 8.06. The van der Waals surface area contributed by atoms with Gasteiger partial charge in [0.25, 0.3) is 0 Å². The van der Waals surface area contributed by atoms with Gasteiger partial charge in [-0.3, -0.25) is 4.79 Å². The fourth-order valence-corrected chi connectivity index (χ4v) is 3.01. The average molecular weight is 441 g/mol. The number of fused-ring (bicyclic) bond motifs is 1. The maximum absolute atomic E-state index is 12.6. The molecule has 0 aliphatic rings. The first-order chi connectivity index (χ1) is 15.2. The number of nitrogens with one attached hydrogen (secondary N) is 2. The Bertz CT molecular complexity index is 1090. The number of aryl methyl sites for hydroxylation is 1. The van der Waals surface area contributed by atoms with Crippen LogP contribution < -0.4 is 15.4 Å². The summed E-state index contributed by atoms with van der Waals surface area (Å²) in [5.41, 5.74) is 1.28. The first-order valence-electron chi connectivity index (χ1n) is 10.5. The van der Waals surface area contributed by atoms with E-state index in [1.165, 1.54) is 6.20 Å². The average Bonchev–Trinajstić information content (AvgIpc) is 3.16. The van der Waals surface area contributed by atoms with E-state index in [9.17, 15) is 9.59 Å². The number of hydrogen-bond donors (Lipinski definition) is 2. The van der Waals surface area contributed by atoms with E-state index in [-0.39, 0.29) is 5.91 Å². The predicted octanol–water partition coefficient (Wildman–Crippen LogP) is 4.82. The highest BCUT2D eigenvalue weighted by Gasteiger charge is 2.23. The molecular weight excluding hydrogens is 412 g/mol. The summed E-state index contributed by atoms with van der Waals surface area (Å²) in [7, 11) is 0. The van der Waals surface area contributed by atoms with Crippen LogP contribution in [0.1, 0.15) is 46.7 Å². The maximum atomic E-state index is 12.6. The second-order valence-electron chi connectivity index (χ2n) is 8.20. The molecule has 0 saturated heterocycles. The largest absolute Gasteiger partial charge is 0.444 e. The number of pyridine rings is 1. The summed E-state index contributed by atoms with van der Waals surface area (Å²) in [4.78, 5) is 28.8. The number of nitrogens with zero attached hydrogens (tertiary/aromatic N) is 2. The summed E-state index contributed by atoms with van der Waals surface area (Å²) in [6.45, 7) is 9.07. The number of benzene rings is 1. The van der Waals surface area contributed by atoms with Gasteiger partial charge in [-0.2, -0.15) is 0 Å². The van der Waals surface area contributed by atoms with Crippen LogP contribution in [0.25, 0.3) is 11.0 Å². The number of alkyl carbamates (subject to hydrolysis) is 1. The van der Waals surface area contributed by atoms with Crippen LogP contribution in [0, 0.1) is 0 Å². The molecule has 2 N–H and O–H groups in total. The molecule has 2 heterocycles. The van der Waals surface area contributed by atoms with Gasteiger partial charge < -0.3 is 24.6 Å². The fourth-order valence-electron chi connectivity index (χ4n) is 3.01. The van der Waals surface area contributed by atoms with Crippen LogP contribution in [0.15, 0.2) is 41.1 Å². The van der Waals surface area contributed by atoms with E-state index in [0.29, 0.717) is 35.7 Å². The highest BCUT2D eigenvalue weighted by atomic mass is 16.6. The zero-order valence-corrected chi connectivity index (χ0v) is 18.9. The van der Waals surface area contributed by atoms with Gasteiger partial charge in [-0.05, 0) is 51.8 Å². The van der Waals surface area contributed by atoms with E-state index in [1.807, 2.05) is 25.1 Å². The van der Waals surface area contributed by atoms with Crippen molar-refractivity contribution in [3.8, 4) is 11.6 Å². The summed E-state index contributed by atoms with van der Waals surface area (Å²) in [5, 5.41) is 10.2. The zero-order chi connectivity index (χ0) is 23.3. The van der Waals surface area contributed by atoms with E-state index in [4.69, 9.17) is 14.0 Å². The molecule has 0 spiro atoms. The van der Waals surface area contributed by atoms with E-state index in [2.05, 4.69) is 20.8 Å². The second-order valence-corrected chi connectivity index (χ2v) is 8.20. The third-order valence-corrected chi connectivity index (χ3v) is 4.50. The Hall–Kier alpha value is -3.62. The Morgan fingerprint density at radius 1 is 1.16 bits per heavy atom. The Labute approximate surface area is 186 Å². The van der Waals surface area contributed by atoms with Crippen molar-refractivity contribution in [3.05, 3.63) is 42.2 Å². The molecule has 0 bridgehead atoms. The van der Waals surface area contributed by atoms with Crippen LogP contribution in [-0.2, 0) is 16.0 Å². The zero-order valence-electron chi connectivity index (χ0n) is 18.9. The standard InChI is InChI=1S/C23H28N4O5/c1-6-15-20-17(9-8-10-18(20)32-27-15)30-19-12-11-14(13-24-19)25-21(28)16(7-2)26-22(29)31-23(3,4)5/h8-13,16H,6-7H2,1-5H3,(H,25,28)(H,26,29). The first-order valence-corrected chi connectivity index (χ1v) is 10.5. The number of hydrogen-bond acceptors (Lipinski definition) is 7. The first kappa shape index (κ1) is 23.1. The van der Waals surface area contributed by atoms with Gasteiger partial charge in [0.15, 0.2) is 5.58 Å². The molecule has 32 heavy (non-hydrogen) atoms. The fraction of sp³-hybridized carbons (Fsp3) is 0.391. The van der Waals surface area contributed by atoms with Crippen LogP contribution in [0.2, 0.25) is 0 Å². The molecule has 2 amide bonds. The van der Waals surface area contributed by atoms with Crippen molar-refractivity contribution in [2.45, 2.75) is 59.1 Å². The van der Waals surface area contributed by atoms with Crippen molar-refractivity contribution < 1.29 is 23.6 Å². The molecule has 170 valence electrons. The molecule has 0 saturated carbocycles. The number of anilines is 1. The summed E-state index contributed by atoms with van der Waals surface area (Å²) in [5.74, 6) is 0.589. The smallest absolute Gasteiger partial charge is 0.408 e. The molecular formula is C23H28N4O5. The van der Waals surface area contributed by atoms with Gasteiger partial charge in [0.1, 0.15) is 17.4 Å². The molecule has 3 rings (SSSR count). The molecule has 0 aliphatic heterocycles. The Kier molecular flexibility index (Phi) is 6.97. The van der Waals surface area contributed by atoms with Crippen LogP contribution in [0.4, 0.5) is 10.5 Å². The summed E-state index contributed by atoms with van der Waals surface area (Å²) in [6.07, 6.45) is 1.96. The topological polar surface area (TPSA) is 116 Å². The monoisotopic (exact) mass is 440 g/mol. The lowest BCUT2D eigenvalue weighted by molar-refractivity contribution is -0.118. The van der Waals surface area contributed by atoms with Crippen LogP contribution >= 0.6 is 0 Å². The number of aromatic nitrogens is 2. The Morgan fingerprint density at radius 2 is 1.94 bits per heavy atom. The molecule has 0 aliphatic carbocycles. The van der Waals surface area contributed by atoms with Crippen molar-refractivity contribution in [1.82, 2.24) is 15.5 Å². The number of amides is 2. The van der Waals surface area contributed by atoms with Crippen molar-refractivity contribution >= 4 is 28.7 Å².